The zero-order valence-corrected chi connectivity index (χ0v) is 11.9. The van der Waals surface area contributed by atoms with E-state index < -0.39 is 0 Å². The number of hydrogen-bond donors (Lipinski definition) is 2. The van der Waals surface area contributed by atoms with Crippen molar-refractivity contribution < 1.29 is 0 Å². The second-order valence-electron chi connectivity index (χ2n) is 4.42. The number of rotatable bonds is 2. The number of benzene rings is 2. The van der Waals surface area contributed by atoms with E-state index >= 15 is 0 Å². The molecule has 0 amide bonds. The highest BCUT2D eigenvalue weighted by Crippen LogP contribution is 2.31. The first-order valence-electron chi connectivity index (χ1n) is 6.00. The van der Waals surface area contributed by atoms with Gasteiger partial charge in [-0.25, -0.2) is 0 Å². The summed E-state index contributed by atoms with van der Waals surface area (Å²) in [6.07, 6.45) is 0. The van der Waals surface area contributed by atoms with Gasteiger partial charge < -0.3 is 5.73 Å². The molecule has 3 aromatic rings. The van der Waals surface area contributed by atoms with E-state index in [-0.39, 0.29) is 0 Å². The van der Waals surface area contributed by atoms with Gasteiger partial charge in [-0.1, -0.05) is 35.3 Å². The molecule has 100 valence electrons. The lowest BCUT2D eigenvalue weighted by Crippen LogP contribution is -1.84. The number of nitrogens with one attached hydrogen (secondary N) is 1. The smallest absolute Gasteiger partial charge is 0.0927 e. The minimum atomic E-state index is 0.584. The lowest BCUT2D eigenvalue weighted by atomic mass is 10.1. The molecule has 0 unspecified atom stereocenters. The first kappa shape index (κ1) is 13.0. The van der Waals surface area contributed by atoms with Crippen LogP contribution in [0.3, 0.4) is 0 Å². The summed E-state index contributed by atoms with van der Waals surface area (Å²) in [7, 11) is 0. The van der Waals surface area contributed by atoms with Crippen LogP contribution in [0.2, 0.25) is 10.0 Å². The number of aromatic nitrogens is 2. The number of nitrogen functional groups attached to an aromatic ring is 1. The van der Waals surface area contributed by atoms with Gasteiger partial charge in [-0.2, -0.15) is 5.10 Å². The Bertz CT molecular complexity index is 765. The minimum absolute atomic E-state index is 0.584. The van der Waals surface area contributed by atoms with Gasteiger partial charge in [0.15, 0.2) is 0 Å². The lowest BCUT2D eigenvalue weighted by molar-refractivity contribution is 1.10. The normalized spacial score (nSPS) is 10.7. The summed E-state index contributed by atoms with van der Waals surface area (Å²) in [6.45, 7) is 0. The number of anilines is 1. The zero-order valence-electron chi connectivity index (χ0n) is 10.4. The van der Waals surface area contributed by atoms with Crippen LogP contribution in [0.4, 0.5) is 5.69 Å². The summed E-state index contributed by atoms with van der Waals surface area (Å²) in [6, 6.07) is 14.9. The van der Waals surface area contributed by atoms with Gasteiger partial charge in [0.25, 0.3) is 0 Å². The van der Waals surface area contributed by atoms with E-state index in [1.165, 1.54) is 0 Å². The SMILES string of the molecule is Nc1cccc(-c2cc(-c3ccc(Cl)cc3Cl)[nH]n2)c1. The fourth-order valence-corrected chi connectivity index (χ4v) is 2.52. The van der Waals surface area contributed by atoms with Crippen molar-refractivity contribution in [1.29, 1.82) is 0 Å². The topological polar surface area (TPSA) is 54.7 Å². The predicted molar refractivity (Wildman–Crippen MR) is 83.9 cm³/mol. The van der Waals surface area contributed by atoms with Gasteiger partial charge >= 0.3 is 0 Å². The highest BCUT2D eigenvalue weighted by atomic mass is 35.5. The number of nitrogens with zero attached hydrogens (tertiary/aromatic N) is 1. The Hall–Kier alpha value is -1.97. The van der Waals surface area contributed by atoms with Crippen molar-refractivity contribution in [2.24, 2.45) is 0 Å². The Morgan fingerprint density at radius 2 is 1.85 bits per heavy atom. The lowest BCUT2D eigenvalue weighted by Gasteiger charge is -2.01. The molecule has 0 saturated carbocycles. The molecule has 1 heterocycles. The van der Waals surface area contributed by atoms with Crippen molar-refractivity contribution in [3.05, 3.63) is 58.6 Å². The van der Waals surface area contributed by atoms with E-state index in [2.05, 4.69) is 10.2 Å². The molecule has 1 aromatic heterocycles. The molecule has 0 saturated heterocycles. The Labute approximate surface area is 126 Å². The van der Waals surface area contributed by atoms with Crippen LogP contribution in [0.5, 0.6) is 0 Å². The molecule has 3 N–H and O–H groups in total. The molecule has 0 fully saturated rings. The molecule has 3 nitrogen and oxygen atoms in total. The third-order valence-corrected chi connectivity index (χ3v) is 3.53. The molecular formula is C15H11Cl2N3. The zero-order chi connectivity index (χ0) is 14.1. The standard InChI is InChI=1S/C15H11Cl2N3/c16-10-4-5-12(13(17)7-10)15-8-14(19-20-15)9-2-1-3-11(18)6-9/h1-8H,18H2,(H,19,20). The molecule has 0 spiro atoms. The van der Waals surface area contributed by atoms with Crippen LogP contribution in [-0.4, -0.2) is 10.2 Å². The van der Waals surface area contributed by atoms with Crippen LogP contribution in [0.15, 0.2) is 48.5 Å². The fourth-order valence-electron chi connectivity index (χ4n) is 2.01. The number of nitrogens with two attached hydrogens (primary N) is 1. The van der Waals surface area contributed by atoms with Crippen LogP contribution in [0.1, 0.15) is 0 Å². The first-order valence-corrected chi connectivity index (χ1v) is 6.76. The minimum Gasteiger partial charge on any atom is -0.399 e. The van der Waals surface area contributed by atoms with Gasteiger partial charge in [0.05, 0.1) is 16.4 Å². The average Bonchev–Trinajstić information content (AvgIpc) is 2.88. The van der Waals surface area contributed by atoms with Crippen LogP contribution >= 0.6 is 23.2 Å². The third-order valence-electron chi connectivity index (χ3n) is 2.98. The summed E-state index contributed by atoms with van der Waals surface area (Å²) in [5, 5.41) is 8.47. The Balaban J connectivity index is 2.02. The van der Waals surface area contributed by atoms with Gasteiger partial charge in [-0.3, -0.25) is 5.10 Å². The predicted octanol–water partition coefficient (Wildman–Crippen LogP) is 4.63. The van der Waals surface area contributed by atoms with Gasteiger partial charge in [0.1, 0.15) is 0 Å². The van der Waals surface area contributed by atoms with Crippen molar-refractivity contribution in [2.75, 3.05) is 5.73 Å². The van der Waals surface area contributed by atoms with Crippen molar-refractivity contribution in [3.8, 4) is 22.5 Å². The molecule has 2 aromatic carbocycles. The van der Waals surface area contributed by atoms with Crippen molar-refractivity contribution >= 4 is 28.9 Å². The van der Waals surface area contributed by atoms with Crippen LogP contribution < -0.4 is 5.73 Å². The maximum Gasteiger partial charge on any atom is 0.0927 e. The molecule has 0 atom stereocenters. The van der Waals surface area contributed by atoms with E-state index in [4.69, 9.17) is 28.9 Å². The number of hydrogen-bond acceptors (Lipinski definition) is 2. The molecule has 0 aliphatic carbocycles. The van der Waals surface area contributed by atoms with Crippen molar-refractivity contribution in [1.82, 2.24) is 10.2 Å². The van der Waals surface area contributed by atoms with E-state index in [0.29, 0.717) is 15.7 Å². The Morgan fingerprint density at radius 1 is 1.00 bits per heavy atom. The second-order valence-corrected chi connectivity index (χ2v) is 5.26. The summed E-state index contributed by atoms with van der Waals surface area (Å²) < 4.78 is 0. The highest BCUT2D eigenvalue weighted by Gasteiger charge is 2.09. The largest absolute Gasteiger partial charge is 0.399 e. The number of aromatic amines is 1. The molecule has 0 bridgehead atoms. The molecule has 0 aliphatic rings. The summed E-state index contributed by atoms with van der Waals surface area (Å²) in [5.41, 5.74) is 9.96. The van der Waals surface area contributed by atoms with Gasteiger partial charge in [0.2, 0.25) is 0 Å². The summed E-state index contributed by atoms with van der Waals surface area (Å²) >= 11 is 12.1. The quantitative estimate of drug-likeness (QED) is 0.678. The molecule has 5 heteroatoms. The maximum atomic E-state index is 6.19. The van der Waals surface area contributed by atoms with Gasteiger partial charge in [0, 0.05) is 21.8 Å². The molecule has 20 heavy (non-hydrogen) atoms. The van der Waals surface area contributed by atoms with Crippen molar-refractivity contribution in [3.63, 3.8) is 0 Å². The molecule has 0 radical (unpaired) electrons. The molecule has 0 aliphatic heterocycles. The second kappa shape index (κ2) is 5.19. The van der Waals surface area contributed by atoms with E-state index in [0.717, 1.165) is 22.5 Å². The number of H-pyrrole nitrogens is 1. The van der Waals surface area contributed by atoms with E-state index in [1.54, 1.807) is 12.1 Å². The number of halogens is 2. The maximum absolute atomic E-state index is 6.19. The summed E-state index contributed by atoms with van der Waals surface area (Å²) in [4.78, 5) is 0. The van der Waals surface area contributed by atoms with Crippen LogP contribution in [0, 0.1) is 0 Å². The van der Waals surface area contributed by atoms with Crippen LogP contribution in [-0.2, 0) is 0 Å². The van der Waals surface area contributed by atoms with Crippen molar-refractivity contribution in [2.45, 2.75) is 0 Å². The summed E-state index contributed by atoms with van der Waals surface area (Å²) in [5.74, 6) is 0. The monoisotopic (exact) mass is 303 g/mol. The third kappa shape index (κ3) is 2.50. The molecular weight excluding hydrogens is 293 g/mol. The van der Waals surface area contributed by atoms with Crippen LogP contribution in [0.25, 0.3) is 22.5 Å². The first-order chi connectivity index (χ1) is 9.63. The highest BCUT2D eigenvalue weighted by molar-refractivity contribution is 6.36. The van der Waals surface area contributed by atoms with Gasteiger partial charge in [-0.15, -0.1) is 0 Å². The van der Waals surface area contributed by atoms with Gasteiger partial charge in [-0.05, 0) is 36.4 Å². The molecule has 3 rings (SSSR count). The van der Waals surface area contributed by atoms with E-state index in [1.807, 2.05) is 36.4 Å². The average molecular weight is 304 g/mol. The Morgan fingerprint density at radius 3 is 2.60 bits per heavy atom. The van der Waals surface area contributed by atoms with E-state index in [9.17, 15) is 0 Å². The Kier molecular flexibility index (Phi) is 3.38. The fraction of sp³-hybridized carbons (Fsp3) is 0.